The number of hydrogen-bond donors (Lipinski definition) is 2. The average Bonchev–Trinajstić information content (AvgIpc) is 3.56. The zero-order valence-electron chi connectivity index (χ0n) is 20.3. The highest BCUT2D eigenvalue weighted by molar-refractivity contribution is 5.84. The molecule has 1 aliphatic carbocycles. The summed E-state index contributed by atoms with van der Waals surface area (Å²) in [6.07, 6.45) is -5.65. The molecule has 0 radical (unpaired) electrons. The first kappa shape index (κ1) is 28.1. The molecule has 0 unspecified atom stereocenters. The highest BCUT2D eigenvalue weighted by atomic mass is 19.4. The van der Waals surface area contributed by atoms with Gasteiger partial charge < -0.3 is 16.4 Å². The molecule has 0 saturated heterocycles. The van der Waals surface area contributed by atoms with Crippen LogP contribution in [0.2, 0.25) is 0 Å². The Bertz CT molecular complexity index is 1210. The third-order valence-electron chi connectivity index (χ3n) is 6.17. The lowest BCUT2D eigenvalue weighted by Crippen LogP contribution is -2.55. The first-order chi connectivity index (χ1) is 17.1. The van der Waals surface area contributed by atoms with Crippen LogP contribution in [0.4, 0.5) is 22.0 Å². The lowest BCUT2D eigenvalue weighted by atomic mass is 9.95. The van der Waals surface area contributed by atoms with E-state index in [0.29, 0.717) is 10.5 Å². The van der Waals surface area contributed by atoms with Gasteiger partial charge in [0.25, 0.3) is 0 Å². The number of nitriles is 1. The van der Waals surface area contributed by atoms with E-state index < -0.39 is 53.5 Å². The second kappa shape index (κ2) is 10.1. The maximum absolute atomic E-state index is 14.6. The number of amides is 2. The number of benzene rings is 2. The first-order valence-corrected chi connectivity index (χ1v) is 11.5. The van der Waals surface area contributed by atoms with Crippen molar-refractivity contribution in [3.8, 4) is 17.2 Å². The number of rotatable bonds is 9. The Labute approximate surface area is 211 Å². The van der Waals surface area contributed by atoms with Crippen molar-refractivity contribution in [2.75, 3.05) is 0 Å². The van der Waals surface area contributed by atoms with Crippen molar-refractivity contribution in [3.05, 3.63) is 59.4 Å². The second-order valence-electron chi connectivity index (χ2n) is 9.90. The van der Waals surface area contributed by atoms with Crippen LogP contribution >= 0.6 is 0 Å². The lowest BCUT2D eigenvalue weighted by Gasteiger charge is -2.38. The fourth-order valence-corrected chi connectivity index (χ4v) is 4.33. The van der Waals surface area contributed by atoms with Gasteiger partial charge in [-0.15, -0.1) is 0 Å². The summed E-state index contributed by atoms with van der Waals surface area (Å²) in [6.45, 7) is 2.31. The molecule has 4 N–H and O–H groups in total. The predicted octanol–water partition coefficient (Wildman–Crippen LogP) is 4.47. The van der Waals surface area contributed by atoms with E-state index in [1.165, 1.54) is 24.3 Å². The Morgan fingerprint density at radius 2 is 1.70 bits per heavy atom. The summed E-state index contributed by atoms with van der Waals surface area (Å²) >= 11 is 0. The fraction of sp³-hybridized carbons (Fsp3) is 0.423. The molecule has 2 amide bonds. The number of primary amides is 1. The zero-order valence-corrected chi connectivity index (χ0v) is 20.3. The molecule has 2 aromatic rings. The van der Waals surface area contributed by atoms with Crippen molar-refractivity contribution in [2.45, 2.75) is 69.0 Å². The minimum absolute atomic E-state index is 0.0223. The Morgan fingerprint density at radius 1 is 1.11 bits per heavy atom. The van der Waals surface area contributed by atoms with E-state index in [0.717, 1.165) is 32.0 Å². The summed E-state index contributed by atoms with van der Waals surface area (Å²) in [5.41, 5.74) is 7.63. The van der Waals surface area contributed by atoms with Crippen molar-refractivity contribution in [1.82, 2.24) is 4.90 Å². The molecule has 0 bridgehead atoms. The smallest absolute Gasteiger partial charge is 0.369 e. The summed E-state index contributed by atoms with van der Waals surface area (Å²) in [5.74, 6) is -2.52. The molecule has 2 aromatic carbocycles. The van der Waals surface area contributed by atoms with Gasteiger partial charge in [-0.25, -0.2) is 8.78 Å². The maximum atomic E-state index is 14.6. The molecule has 0 spiro atoms. The van der Waals surface area contributed by atoms with Crippen LogP contribution in [0.5, 0.6) is 0 Å². The molecule has 1 aliphatic rings. The second-order valence-corrected chi connectivity index (χ2v) is 9.90. The molecule has 37 heavy (non-hydrogen) atoms. The van der Waals surface area contributed by atoms with Crippen LogP contribution in [0, 0.1) is 17.1 Å². The lowest BCUT2D eigenvalue weighted by molar-refractivity contribution is -0.198. The van der Waals surface area contributed by atoms with Crippen molar-refractivity contribution >= 4 is 11.8 Å². The molecule has 0 aliphatic heterocycles. The number of nitrogens with two attached hydrogens (primary N) is 2. The molecule has 2 atom stereocenters. The SMILES string of the molecule is CC(C)(F)C[C@H](N)C(=O)N([C@@H](c1ccc(-c2ccc(CC(N)=O)cc2F)cc1)C(F)(F)F)C1(C#N)CC1. The summed E-state index contributed by atoms with van der Waals surface area (Å²) in [6, 6.07) is 6.40. The third kappa shape index (κ3) is 6.43. The minimum Gasteiger partial charge on any atom is -0.369 e. The number of halogens is 5. The number of hydrogen-bond acceptors (Lipinski definition) is 4. The van der Waals surface area contributed by atoms with Gasteiger partial charge in [-0.1, -0.05) is 36.4 Å². The third-order valence-corrected chi connectivity index (χ3v) is 6.17. The predicted molar refractivity (Wildman–Crippen MR) is 126 cm³/mol. The Hall–Kier alpha value is -3.52. The molecule has 3 rings (SSSR count). The van der Waals surface area contributed by atoms with Crippen LogP contribution < -0.4 is 11.5 Å². The van der Waals surface area contributed by atoms with Crippen LogP contribution in [0.3, 0.4) is 0 Å². The van der Waals surface area contributed by atoms with Gasteiger partial charge in [-0.3, -0.25) is 9.59 Å². The molecule has 11 heteroatoms. The molecule has 0 heterocycles. The summed E-state index contributed by atoms with van der Waals surface area (Å²) in [7, 11) is 0. The normalized spacial score (nSPS) is 16.4. The van der Waals surface area contributed by atoms with Crippen LogP contribution in [0.1, 0.15) is 50.3 Å². The van der Waals surface area contributed by atoms with E-state index in [1.54, 1.807) is 0 Å². The van der Waals surface area contributed by atoms with Crippen molar-refractivity contribution in [3.63, 3.8) is 0 Å². The molecule has 1 saturated carbocycles. The zero-order chi connectivity index (χ0) is 27.8. The molecule has 0 aromatic heterocycles. The van der Waals surface area contributed by atoms with Crippen molar-refractivity contribution in [2.24, 2.45) is 11.5 Å². The van der Waals surface area contributed by atoms with E-state index in [2.05, 4.69) is 0 Å². The van der Waals surface area contributed by atoms with Crippen LogP contribution in [-0.4, -0.2) is 40.1 Å². The largest absolute Gasteiger partial charge is 0.413 e. The highest BCUT2D eigenvalue weighted by Crippen LogP contribution is 2.50. The first-order valence-electron chi connectivity index (χ1n) is 11.5. The summed E-state index contributed by atoms with van der Waals surface area (Å²) in [4.78, 5) is 24.7. The summed E-state index contributed by atoms with van der Waals surface area (Å²) < 4.78 is 72.1. The van der Waals surface area contributed by atoms with Gasteiger partial charge in [-0.05, 0) is 49.4 Å². The van der Waals surface area contributed by atoms with Gasteiger partial charge in [0.05, 0.1) is 18.5 Å². The number of carbonyl (C=O) groups excluding carboxylic acids is 2. The van der Waals surface area contributed by atoms with E-state index in [1.807, 2.05) is 6.07 Å². The van der Waals surface area contributed by atoms with Crippen molar-refractivity contribution < 1.29 is 31.5 Å². The minimum atomic E-state index is -4.99. The van der Waals surface area contributed by atoms with E-state index in [-0.39, 0.29) is 36.0 Å². The van der Waals surface area contributed by atoms with Gasteiger partial charge in [0.15, 0.2) is 6.04 Å². The highest BCUT2D eigenvalue weighted by Gasteiger charge is 2.60. The maximum Gasteiger partial charge on any atom is 0.413 e. The van der Waals surface area contributed by atoms with Gasteiger partial charge in [0, 0.05) is 12.0 Å². The van der Waals surface area contributed by atoms with Gasteiger partial charge in [0.2, 0.25) is 11.8 Å². The quantitative estimate of drug-likeness (QED) is 0.473. The Morgan fingerprint density at radius 3 is 2.14 bits per heavy atom. The molecule has 6 nitrogen and oxygen atoms in total. The van der Waals surface area contributed by atoms with E-state index in [9.17, 15) is 36.8 Å². The van der Waals surface area contributed by atoms with Gasteiger partial charge in [-0.2, -0.15) is 18.4 Å². The van der Waals surface area contributed by atoms with Crippen LogP contribution in [0.15, 0.2) is 42.5 Å². The molecular formula is C26H27F5N4O2. The molecular weight excluding hydrogens is 495 g/mol. The molecule has 1 fully saturated rings. The molecule has 198 valence electrons. The van der Waals surface area contributed by atoms with Crippen molar-refractivity contribution in [1.29, 1.82) is 5.26 Å². The summed E-state index contributed by atoms with van der Waals surface area (Å²) in [5, 5.41) is 9.66. The van der Waals surface area contributed by atoms with Crippen LogP contribution in [-0.2, 0) is 16.0 Å². The topological polar surface area (TPSA) is 113 Å². The van der Waals surface area contributed by atoms with E-state index in [4.69, 9.17) is 11.5 Å². The Kier molecular flexibility index (Phi) is 7.65. The van der Waals surface area contributed by atoms with E-state index >= 15 is 0 Å². The van der Waals surface area contributed by atoms with Gasteiger partial charge >= 0.3 is 6.18 Å². The van der Waals surface area contributed by atoms with Crippen LogP contribution in [0.25, 0.3) is 11.1 Å². The monoisotopic (exact) mass is 522 g/mol. The number of nitrogens with zero attached hydrogens (tertiary/aromatic N) is 2. The fourth-order valence-electron chi connectivity index (χ4n) is 4.33. The van der Waals surface area contributed by atoms with Gasteiger partial charge in [0.1, 0.15) is 17.0 Å². The number of alkyl halides is 4. The average molecular weight is 523 g/mol. The number of carbonyl (C=O) groups is 2. The Balaban J connectivity index is 2.01. The standard InChI is InChI=1S/C26H27F5N4O2/c1-24(2,28)13-20(33)23(37)35(25(14-32)9-10-25)22(26(29,30)31)17-6-4-16(5-7-17)18-8-3-15(11-19(18)27)12-21(34)36/h3-8,11,20,22H,9-10,12-13,33H2,1-2H3,(H2,34,36)/t20-,22-/m0/s1.